The molecule has 106 valence electrons. The summed E-state index contributed by atoms with van der Waals surface area (Å²) in [6.45, 7) is 1.89. The van der Waals surface area contributed by atoms with Crippen molar-refractivity contribution >= 4 is 0 Å². The van der Waals surface area contributed by atoms with Crippen LogP contribution in [0, 0.1) is 5.82 Å². The molecule has 0 amide bonds. The second kappa shape index (κ2) is 6.50. The van der Waals surface area contributed by atoms with Crippen molar-refractivity contribution in [1.82, 2.24) is 0 Å². The molecule has 2 aromatic rings. The molecule has 0 spiro atoms. The van der Waals surface area contributed by atoms with Gasteiger partial charge in [0.2, 0.25) is 0 Å². The first-order chi connectivity index (χ1) is 9.60. The maximum absolute atomic E-state index is 13.2. The summed E-state index contributed by atoms with van der Waals surface area (Å²) in [5, 5.41) is 18.6. The van der Waals surface area contributed by atoms with E-state index in [1.807, 2.05) is 24.3 Å². The Balaban J connectivity index is 2.10. The van der Waals surface area contributed by atoms with E-state index in [9.17, 15) is 9.50 Å². The van der Waals surface area contributed by atoms with Crippen LogP contribution in [0.3, 0.4) is 0 Å². The molecule has 1 atom stereocenters. The average molecular weight is 276 g/mol. The van der Waals surface area contributed by atoms with E-state index in [0.717, 1.165) is 11.1 Å². The molecule has 0 bridgehead atoms. The van der Waals surface area contributed by atoms with Crippen molar-refractivity contribution in [3.05, 3.63) is 65.0 Å². The van der Waals surface area contributed by atoms with Crippen LogP contribution in [0.15, 0.2) is 42.5 Å². The third kappa shape index (κ3) is 3.56. The molecule has 0 aliphatic rings. The van der Waals surface area contributed by atoms with Crippen LogP contribution in [0.1, 0.15) is 29.7 Å². The summed E-state index contributed by atoms with van der Waals surface area (Å²) in [5.41, 5.74) is 2.19. The Bertz CT molecular complexity index is 564. The van der Waals surface area contributed by atoms with Gasteiger partial charge >= 0.3 is 0 Å². The number of aliphatic hydroxyl groups is 2. The highest BCUT2D eigenvalue weighted by Crippen LogP contribution is 2.26. The number of ether oxygens (including phenoxy) is 1. The van der Waals surface area contributed by atoms with Gasteiger partial charge in [-0.25, -0.2) is 4.39 Å². The van der Waals surface area contributed by atoms with Gasteiger partial charge in [0.25, 0.3) is 0 Å². The minimum atomic E-state index is -0.794. The third-order valence-electron chi connectivity index (χ3n) is 3.02. The van der Waals surface area contributed by atoms with Crippen LogP contribution >= 0.6 is 0 Å². The standard InChI is InChI=1S/C16H17FO3/c1-11(19)15-8-14(17)6-7-16(15)20-10-13-4-2-12(9-18)3-5-13/h2-8,11,18-19H,9-10H2,1H3. The lowest BCUT2D eigenvalue weighted by atomic mass is 10.1. The fourth-order valence-corrected chi connectivity index (χ4v) is 1.88. The van der Waals surface area contributed by atoms with Gasteiger partial charge in [-0.3, -0.25) is 0 Å². The average Bonchev–Trinajstić information content (AvgIpc) is 2.46. The van der Waals surface area contributed by atoms with E-state index in [2.05, 4.69) is 0 Å². The second-order valence-electron chi connectivity index (χ2n) is 4.62. The zero-order chi connectivity index (χ0) is 14.5. The fraction of sp³-hybridized carbons (Fsp3) is 0.250. The molecule has 0 saturated heterocycles. The largest absolute Gasteiger partial charge is 0.489 e. The molecular weight excluding hydrogens is 259 g/mol. The van der Waals surface area contributed by atoms with E-state index in [-0.39, 0.29) is 6.61 Å². The van der Waals surface area contributed by atoms with Crippen LogP contribution in [0.4, 0.5) is 4.39 Å². The maximum Gasteiger partial charge on any atom is 0.125 e. The minimum absolute atomic E-state index is 0.00523. The number of hydrogen-bond donors (Lipinski definition) is 2. The van der Waals surface area contributed by atoms with E-state index in [1.54, 1.807) is 6.92 Å². The van der Waals surface area contributed by atoms with Crippen LogP contribution in [-0.2, 0) is 13.2 Å². The molecule has 1 unspecified atom stereocenters. The SMILES string of the molecule is CC(O)c1cc(F)ccc1OCc1ccc(CO)cc1. The van der Waals surface area contributed by atoms with Gasteiger partial charge in [-0.15, -0.1) is 0 Å². The molecule has 0 fully saturated rings. The molecule has 3 nitrogen and oxygen atoms in total. The van der Waals surface area contributed by atoms with E-state index < -0.39 is 11.9 Å². The lowest BCUT2D eigenvalue weighted by Gasteiger charge is -2.13. The Morgan fingerprint density at radius 2 is 1.75 bits per heavy atom. The van der Waals surface area contributed by atoms with Crippen molar-refractivity contribution in [3.8, 4) is 5.75 Å². The van der Waals surface area contributed by atoms with Crippen LogP contribution in [0.25, 0.3) is 0 Å². The van der Waals surface area contributed by atoms with Gasteiger partial charge in [0.15, 0.2) is 0 Å². The molecule has 0 heterocycles. The minimum Gasteiger partial charge on any atom is -0.489 e. The molecule has 2 rings (SSSR count). The van der Waals surface area contributed by atoms with Crippen molar-refractivity contribution in [3.63, 3.8) is 0 Å². The number of aliphatic hydroxyl groups excluding tert-OH is 2. The van der Waals surface area contributed by atoms with Crippen molar-refractivity contribution < 1.29 is 19.3 Å². The first kappa shape index (κ1) is 14.5. The Morgan fingerprint density at radius 1 is 1.10 bits per heavy atom. The van der Waals surface area contributed by atoms with Crippen LogP contribution in [0.5, 0.6) is 5.75 Å². The first-order valence-corrected chi connectivity index (χ1v) is 6.39. The summed E-state index contributed by atoms with van der Waals surface area (Å²) in [4.78, 5) is 0. The van der Waals surface area contributed by atoms with Gasteiger partial charge < -0.3 is 14.9 Å². The van der Waals surface area contributed by atoms with Crippen LogP contribution < -0.4 is 4.74 Å². The van der Waals surface area contributed by atoms with E-state index >= 15 is 0 Å². The van der Waals surface area contributed by atoms with Crippen molar-refractivity contribution in [1.29, 1.82) is 0 Å². The van der Waals surface area contributed by atoms with Gasteiger partial charge in [-0.05, 0) is 36.2 Å². The van der Waals surface area contributed by atoms with Gasteiger partial charge in [0, 0.05) is 5.56 Å². The Hall–Kier alpha value is -1.91. The van der Waals surface area contributed by atoms with E-state index in [1.165, 1.54) is 18.2 Å². The quantitative estimate of drug-likeness (QED) is 0.882. The fourth-order valence-electron chi connectivity index (χ4n) is 1.88. The summed E-state index contributed by atoms with van der Waals surface area (Å²) in [6, 6.07) is 11.4. The molecule has 0 aliphatic heterocycles. The van der Waals surface area contributed by atoms with E-state index in [4.69, 9.17) is 9.84 Å². The highest BCUT2D eigenvalue weighted by atomic mass is 19.1. The molecule has 0 saturated carbocycles. The van der Waals surface area contributed by atoms with Gasteiger partial charge in [-0.1, -0.05) is 24.3 Å². The number of rotatable bonds is 5. The lowest BCUT2D eigenvalue weighted by molar-refractivity contribution is 0.189. The first-order valence-electron chi connectivity index (χ1n) is 6.39. The number of halogens is 1. The molecule has 0 aromatic heterocycles. The summed E-state index contributed by atoms with van der Waals surface area (Å²) < 4.78 is 18.8. The topological polar surface area (TPSA) is 49.7 Å². The van der Waals surface area contributed by atoms with E-state index in [0.29, 0.717) is 17.9 Å². The maximum atomic E-state index is 13.2. The number of benzene rings is 2. The zero-order valence-electron chi connectivity index (χ0n) is 11.2. The summed E-state index contributed by atoms with van der Waals surface area (Å²) in [7, 11) is 0. The molecule has 4 heteroatoms. The molecule has 0 aliphatic carbocycles. The zero-order valence-corrected chi connectivity index (χ0v) is 11.2. The van der Waals surface area contributed by atoms with Gasteiger partial charge in [-0.2, -0.15) is 0 Å². The van der Waals surface area contributed by atoms with Crippen molar-refractivity contribution in [2.24, 2.45) is 0 Å². The van der Waals surface area contributed by atoms with Crippen molar-refractivity contribution in [2.75, 3.05) is 0 Å². The second-order valence-corrected chi connectivity index (χ2v) is 4.62. The van der Waals surface area contributed by atoms with Crippen LogP contribution in [-0.4, -0.2) is 10.2 Å². The monoisotopic (exact) mass is 276 g/mol. The normalized spacial score (nSPS) is 12.2. The molecule has 20 heavy (non-hydrogen) atoms. The Kier molecular flexibility index (Phi) is 4.71. The summed E-state index contributed by atoms with van der Waals surface area (Å²) in [5.74, 6) is 0.0631. The predicted molar refractivity (Wildman–Crippen MR) is 73.7 cm³/mol. The predicted octanol–water partition coefficient (Wildman–Crippen LogP) is 2.95. The summed E-state index contributed by atoms with van der Waals surface area (Å²) >= 11 is 0. The molecule has 2 N–H and O–H groups in total. The highest BCUT2D eigenvalue weighted by molar-refractivity contribution is 5.35. The lowest BCUT2D eigenvalue weighted by Crippen LogP contribution is -2.01. The van der Waals surface area contributed by atoms with Crippen LogP contribution in [0.2, 0.25) is 0 Å². The molecule has 0 radical (unpaired) electrons. The molecular formula is C16H17FO3. The highest BCUT2D eigenvalue weighted by Gasteiger charge is 2.10. The smallest absolute Gasteiger partial charge is 0.125 e. The van der Waals surface area contributed by atoms with Gasteiger partial charge in [0.1, 0.15) is 18.2 Å². The molecule has 2 aromatic carbocycles. The van der Waals surface area contributed by atoms with Gasteiger partial charge in [0.05, 0.1) is 12.7 Å². The number of hydrogen-bond acceptors (Lipinski definition) is 3. The summed E-state index contributed by atoms with van der Waals surface area (Å²) in [6.07, 6.45) is -0.794. The van der Waals surface area contributed by atoms with Crippen molar-refractivity contribution in [2.45, 2.75) is 26.2 Å². The Morgan fingerprint density at radius 3 is 2.35 bits per heavy atom. The Labute approximate surface area is 117 Å². The third-order valence-corrected chi connectivity index (χ3v) is 3.02.